The van der Waals surface area contributed by atoms with Crippen molar-refractivity contribution >= 4 is 51.6 Å². The Kier molecular flexibility index (Phi) is 14.7. The molecule has 0 rings (SSSR count). The second-order valence-corrected chi connectivity index (χ2v) is 10.2. The van der Waals surface area contributed by atoms with Crippen molar-refractivity contribution in [2.75, 3.05) is 6.54 Å². The van der Waals surface area contributed by atoms with Crippen LogP contribution in [0.3, 0.4) is 0 Å². The predicted octanol–water partition coefficient (Wildman–Crippen LogP) is 0.289. The van der Waals surface area contributed by atoms with Crippen LogP contribution in [0.4, 0.5) is 4.79 Å². The molecule has 0 aliphatic heterocycles. The number of carbonyl (C=O) groups excluding carboxylic acids is 5. The maximum absolute atomic E-state index is 12.8. The highest BCUT2D eigenvalue weighted by Gasteiger charge is 2.30. The van der Waals surface area contributed by atoms with Crippen molar-refractivity contribution in [3.05, 3.63) is 0 Å². The Morgan fingerprint density at radius 2 is 1.33 bits per heavy atom. The van der Waals surface area contributed by atoms with E-state index < -0.39 is 70.8 Å². The fourth-order valence-corrected chi connectivity index (χ4v) is 3.37. The average Bonchev–Trinajstić information content (AvgIpc) is 2.73. The van der Waals surface area contributed by atoms with Gasteiger partial charge in [-0.1, -0.05) is 42.6 Å². The third kappa shape index (κ3) is 13.9. The van der Waals surface area contributed by atoms with Crippen molar-refractivity contribution in [3.8, 4) is 0 Å². The van der Waals surface area contributed by atoms with Crippen LogP contribution in [0.5, 0.6) is 0 Å². The first-order valence-electron chi connectivity index (χ1n) is 11.6. The van der Waals surface area contributed by atoms with E-state index in [0.29, 0.717) is 12.8 Å². The number of amides is 5. The summed E-state index contributed by atoms with van der Waals surface area (Å²) in [5.74, 6) is -4.21. The smallest absolute Gasteiger partial charge is 0.408 e. The van der Waals surface area contributed by atoms with Gasteiger partial charge in [-0.3, -0.25) is 19.2 Å². The second kappa shape index (κ2) is 16.0. The Hall–Kier alpha value is -2.90. The van der Waals surface area contributed by atoms with Gasteiger partial charge in [0.05, 0.1) is 0 Å². The first-order valence-corrected chi connectivity index (χ1v) is 12.6. The number of rotatable bonds is 15. The Bertz CT molecular complexity index is 802. The van der Waals surface area contributed by atoms with Gasteiger partial charge in [-0.25, -0.2) is 9.59 Å². The van der Waals surface area contributed by atoms with Crippen LogP contribution in [0, 0.1) is 0 Å². The quantitative estimate of drug-likeness (QED) is 0.148. The fourth-order valence-electron chi connectivity index (χ4n) is 2.89. The largest absolute Gasteiger partial charge is 0.480 e. The number of carbonyl (C=O) groups is 6. The van der Waals surface area contributed by atoms with E-state index in [1.54, 1.807) is 27.7 Å². The van der Waals surface area contributed by atoms with Gasteiger partial charge in [-0.15, -0.1) is 0 Å². The van der Waals surface area contributed by atoms with Crippen LogP contribution in [-0.4, -0.2) is 75.9 Å². The number of carboxylic acids is 1. The summed E-state index contributed by atoms with van der Waals surface area (Å²) in [6.07, 6.45) is 0.456. The van der Waals surface area contributed by atoms with E-state index in [1.165, 1.54) is 0 Å². The van der Waals surface area contributed by atoms with Crippen LogP contribution < -0.4 is 27.0 Å². The SMILES string of the molecule is CCC[C@H](NC(=O)OC(C)(C)C)C(=O)N[C@@H](CCC)C(=O)N[C@@H](CNC(=O)[C@@H](Br)CC(N)=O)C(=O)O. The Labute approximate surface area is 219 Å². The number of nitrogens with one attached hydrogen (secondary N) is 4. The van der Waals surface area contributed by atoms with Crippen molar-refractivity contribution in [3.63, 3.8) is 0 Å². The summed E-state index contributed by atoms with van der Waals surface area (Å²) in [6, 6.07) is -3.55. The van der Waals surface area contributed by atoms with Gasteiger partial charge in [0.25, 0.3) is 0 Å². The van der Waals surface area contributed by atoms with E-state index in [4.69, 9.17) is 10.5 Å². The highest BCUT2D eigenvalue weighted by atomic mass is 79.9. The van der Waals surface area contributed by atoms with Gasteiger partial charge >= 0.3 is 12.1 Å². The molecular formula is C22H38BrN5O8. The number of alkyl carbamates (subject to hydrolysis) is 1. The molecule has 206 valence electrons. The molecule has 0 aromatic rings. The number of primary amides is 1. The summed E-state index contributed by atoms with van der Waals surface area (Å²) >= 11 is 2.98. The molecule has 0 bridgehead atoms. The monoisotopic (exact) mass is 579 g/mol. The zero-order valence-electron chi connectivity index (χ0n) is 21.3. The molecule has 0 aliphatic rings. The summed E-state index contributed by atoms with van der Waals surface area (Å²) in [7, 11) is 0. The highest BCUT2D eigenvalue weighted by molar-refractivity contribution is 9.10. The molecule has 0 aromatic heterocycles. The molecule has 36 heavy (non-hydrogen) atoms. The van der Waals surface area contributed by atoms with Crippen LogP contribution in [0.25, 0.3) is 0 Å². The van der Waals surface area contributed by atoms with Crippen LogP contribution >= 0.6 is 15.9 Å². The Balaban J connectivity index is 5.27. The molecule has 0 heterocycles. The lowest BCUT2D eigenvalue weighted by atomic mass is 10.1. The van der Waals surface area contributed by atoms with Gasteiger partial charge in [0.15, 0.2) is 0 Å². The molecule has 5 amide bonds. The second-order valence-electron chi connectivity index (χ2n) is 9.12. The van der Waals surface area contributed by atoms with Crippen LogP contribution in [-0.2, 0) is 28.7 Å². The summed E-state index contributed by atoms with van der Waals surface area (Å²) in [4.78, 5) is 71.4. The third-order valence-electron chi connectivity index (χ3n) is 4.56. The maximum Gasteiger partial charge on any atom is 0.408 e. The molecule has 0 spiro atoms. The molecule has 0 radical (unpaired) electrons. The number of carboxylic acid groups (broad SMARTS) is 1. The van der Waals surface area contributed by atoms with E-state index in [9.17, 15) is 33.9 Å². The molecule has 0 saturated heterocycles. The minimum absolute atomic E-state index is 0.198. The van der Waals surface area contributed by atoms with Crippen LogP contribution in [0.2, 0.25) is 0 Å². The standard InChI is InChI=1S/C22H38BrN5O8/c1-6-8-13(26-19(32)14(9-7-2)28-21(35)36-22(3,4)5)18(31)27-15(20(33)34)11-25-17(30)12(23)10-16(24)29/h12-15H,6-11H2,1-5H3,(H2,24,29)(H,25,30)(H,26,32)(H,27,31)(H,28,35)(H,33,34)/t12-,13-,14-,15-/m0/s1. The van der Waals surface area contributed by atoms with Crippen molar-refractivity contribution in [1.29, 1.82) is 0 Å². The normalized spacial score (nSPS) is 14.4. The Morgan fingerprint density at radius 1 is 0.861 bits per heavy atom. The predicted molar refractivity (Wildman–Crippen MR) is 134 cm³/mol. The number of aliphatic carboxylic acids is 1. The molecule has 13 nitrogen and oxygen atoms in total. The lowest BCUT2D eigenvalue weighted by Crippen LogP contribution is -2.57. The molecule has 0 aromatic carbocycles. The molecule has 4 atom stereocenters. The first kappa shape index (κ1) is 33.1. The van der Waals surface area contributed by atoms with E-state index in [-0.39, 0.29) is 19.3 Å². The maximum atomic E-state index is 12.8. The van der Waals surface area contributed by atoms with Gasteiger partial charge in [-0.05, 0) is 33.6 Å². The zero-order valence-corrected chi connectivity index (χ0v) is 22.9. The van der Waals surface area contributed by atoms with E-state index in [0.717, 1.165) is 0 Å². The molecule has 0 fully saturated rings. The molecule has 0 aliphatic carbocycles. The van der Waals surface area contributed by atoms with E-state index >= 15 is 0 Å². The molecule has 0 saturated carbocycles. The minimum atomic E-state index is -1.50. The molecular weight excluding hydrogens is 542 g/mol. The van der Waals surface area contributed by atoms with Gasteiger partial charge in [-0.2, -0.15) is 0 Å². The number of alkyl halides is 1. The molecule has 0 unspecified atom stereocenters. The summed E-state index contributed by atoms with van der Waals surface area (Å²) in [5.41, 5.74) is 4.27. The Morgan fingerprint density at radius 3 is 1.75 bits per heavy atom. The van der Waals surface area contributed by atoms with Crippen molar-refractivity contribution in [2.24, 2.45) is 5.73 Å². The number of hydrogen-bond acceptors (Lipinski definition) is 7. The first-order chi connectivity index (χ1) is 16.6. The summed E-state index contributed by atoms with van der Waals surface area (Å²) in [5, 5.41) is 19.1. The third-order valence-corrected chi connectivity index (χ3v) is 5.29. The lowest BCUT2D eigenvalue weighted by Gasteiger charge is -2.25. The molecule has 14 heteroatoms. The number of hydrogen-bond donors (Lipinski definition) is 6. The van der Waals surface area contributed by atoms with E-state index in [2.05, 4.69) is 37.2 Å². The summed E-state index contributed by atoms with van der Waals surface area (Å²) in [6.45, 7) is 8.17. The van der Waals surface area contributed by atoms with Crippen molar-refractivity contribution < 1.29 is 38.6 Å². The van der Waals surface area contributed by atoms with Crippen LogP contribution in [0.15, 0.2) is 0 Å². The zero-order chi connectivity index (χ0) is 28.1. The van der Waals surface area contributed by atoms with E-state index in [1.807, 2.05) is 6.92 Å². The topological polar surface area (TPSA) is 206 Å². The lowest BCUT2D eigenvalue weighted by molar-refractivity contribution is -0.142. The summed E-state index contributed by atoms with van der Waals surface area (Å²) < 4.78 is 5.19. The van der Waals surface area contributed by atoms with Gasteiger partial charge < -0.3 is 36.8 Å². The number of ether oxygens (including phenoxy) is 1. The number of halogens is 1. The van der Waals surface area contributed by atoms with Crippen molar-refractivity contribution in [1.82, 2.24) is 21.3 Å². The van der Waals surface area contributed by atoms with Gasteiger partial charge in [0.2, 0.25) is 23.6 Å². The van der Waals surface area contributed by atoms with Gasteiger partial charge in [0.1, 0.15) is 28.6 Å². The van der Waals surface area contributed by atoms with Gasteiger partial charge in [0, 0.05) is 13.0 Å². The number of nitrogens with two attached hydrogens (primary N) is 1. The fraction of sp³-hybridized carbons (Fsp3) is 0.727. The average molecular weight is 580 g/mol. The minimum Gasteiger partial charge on any atom is -0.480 e. The van der Waals surface area contributed by atoms with Crippen LogP contribution in [0.1, 0.15) is 66.7 Å². The highest BCUT2D eigenvalue weighted by Crippen LogP contribution is 2.09. The molecule has 7 N–H and O–H groups in total. The van der Waals surface area contributed by atoms with Crippen molar-refractivity contribution in [2.45, 2.75) is 95.3 Å².